The highest BCUT2D eigenvalue weighted by molar-refractivity contribution is 6.64. The fourth-order valence-corrected chi connectivity index (χ4v) is 7.23. The molecular weight excluding hydrogens is 530 g/mol. The third-order valence-corrected chi connectivity index (χ3v) is 10.9. The van der Waals surface area contributed by atoms with Crippen molar-refractivity contribution in [2.75, 3.05) is 0 Å². The predicted octanol–water partition coefficient (Wildman–Crippen LogP) is 8.13. The largest absolute Gasteiger partial charge is 0.495 e. The minimum absolute atomic E-state index is 0.106. The molecule has 4 aliphatic rings. The van der Waals surface area contributed by atoms with Gasteiger partial charge in [0.05, 0.1) is 22.4 Å². The van der Waals surface area contributed by atoms with Crippen molar-refractivity contribution in [2.45, 2.75) is 90.1 Å². The summed E-state index contributed by atoms with van der Waals surface area (Å²) in [7, 11) is -1.07. The third-order valence-electron chi connectivity index (χ3n) is 10.9. The van der Waals surface area contributed by atoms with E-state index in [1.54, 1.807) is 0 Å². The van der Waals surface area contributed by atoms with Gasteiger partial charge in [-0.3, -0.25) is 0 Å². The summed E-state index contributed by atoms with van der Waals surface area (Å²) in [4.78, 5) is 0. The maximum absolute atomic E-state index is 6.94. The monoisotopic (exact) mass is 572 g/mol. The van der Waals surface area contributed by atoms with Gasteiger partial charge in [0, 0.05) is 5.92 Å². The lowest BCUT2D eigenvalue weighted by molar-refractivity contribution is 0.00578. The van der Waals surface area contributed by atoms with E-state index < -0.39 is 36.6 Å². The molecule has 3 aromatic rings. The first-order chi connectivity index (χ1) is 20.3. The van der Waals surface area contributed by atoms with E-state index in [1.807, 2.05) is 0 Å². The molecule has 3 aromatic carbocycles. The summed E-state index contributed by atoms with van der Waals surface area (Å²) in [6, 6.07) is 30.5. The second kappa shape index (κ2) is 9.81. The molecule has 0 saturated carbocycles. The van der Waals surface area contributed by atoms with Crippen molar-refractivity contribution in [3.05, 3.63) is 118 Å². The van der Waals surface area contributed by atoms with Crippen molar-refractivity contribution in [2.24, 2.45) is 5.92 Å². The van der Waals surface area contributed by atoms with Crippen LogP contribution < -0.4 is 0 Å². The normalized spacial score (nSPS) is 26.6. The Bertz CT molecular complexity index is 1590. The molecule has 4 nitrogen and oxygen atoms in total. The Hall–Kier alpha value is -2.89. The summed E-state index contributed by atoms with van der Waals surface area (Å²) in [5, 5.41) is 0. The molecule has 43 heavy (non-hydrogen) atoms. The standard InChI is InChI=1S/C37H42B2O4/c1-34(2)35(3,4)41-38(40-34)32-28-23-26-21-15-16-22-27(26)31(28)29(24-17-11-9-12-18-24)33(30(32)25-19-13-10-14-20-25)39-42-36(5,6)37(7,8)43-39/h9-22,28,31H,23H2,1-8H3/t28-,31+/m0/s1. The van der Waals surface area contributed by atoms with Gasteiger partial charge < -0.3 is 18.6 Å². The molecule has 2 fully saturated rings. The molecule has 2 atom stereocenters. The molecule has 2 aliphatic carbocycles. The second-order valence-corrected chi connectivity index (χ2v) is 14.6. The first-order valence-electron chi connectivity index (χ1n) is 15.7. The van der Waals surface area contributed by atoms with Crippen molar-refractivity contribution in [3.8, 4) is 0 Å². The van der Waals surface area contributed by atoms with Crippen LogP contribution in [0.5, 0.6) is 0 Å². The van der Waals surface area contributed by atoms with Crippen LogP contribution in [0, 0.1) is 5.92 Å². The number of hydrogen-bond donors (Lipinski definition) is 0. The van der Waals surface area contributed by atoms with Gasteiger partial charge in [-0.2, -0.15) is 0 Å². The lowest BCUT2D eigenvalue weighted by Crippen LogP contribution is -2.41. The van der Waals surface area contributed by atoms with Gasteiger partial charge in [0.2, 0.25) is 0 Å². The highest BCUT2D eigenvalue weighted by Gasteiger charge is 2.60. The Morgan fingerprint density at radius 1 is 0.558 bits per heavy atom. The van der Waals surface area contributed by atoms with Crippen LogP contribution in [-0.2, 0) is 25.0 Å². The Morgan fingerprint density at radius 3 is 1.58 bits per heavy atom. The molecule has 6 heteroatoms. The molecule has 0 amide bonds. The molecule has 7 rings (SSSR count). The number of benzene rings is 3. The molecular formula is C37H42B2O4. The van der Waals surface area contributed by atoms with Gasteiger partial charge in [-0.15, -0.1) is 0 Å². The van der Waals surface area contributed by atoms with Crippen LogP contribution >= 0.6 is 0 Å². The maximum Gasteiger partial charge on any atom is 0.495 e. The zero-order valence-electron chi connectivity index (χ0n) is 26.7. The smallest absolute Gasteiger partial charge is 0.400 e. The van der Waals surface area contributed by atoms with E-state index in [0.29, 0.717) is 0 Å². The Balaban J connectivity index is 1.59. The zero-order chi connectivity index (χ0) is 30.4. The van der Waals surface area contributed by atoms with E-state index in [9.17, 15) is 0 Å². The first-order valence-corrected chi connectivity index (χ1v) is 15.7. The molecule has 0 bridgehead atoms. The molecule has 2 saturated heterocycles. The summed E-state index contributed by atoms with van der Waals surface area (Å²) in [6.07, 6.45) is 0.920. The van der Waals surface area contributed by atoms with Crippen LogP contribution in [0.3, 0.4) is 0 Å². The van der Waals surface area contributed by atoms with Gasteiger partial charge in [-0.1, -0.05) is 84.9 Å². The second-order valence-electron chi connectivity index (χ2n) is 14.6. The molecule has 0 unspecified atom stereocenters. The molecule has 0 N–H and O–H groups in total. The average molecular weight is 572 g/mol. The maximum atomic E-state index is 6.94. The fourth-order valence-electron chi connectivity index (χ4n) is 7.23. The number of hydrogen-bond acceptors (Lipinski definition) is 4. The van der Waals surface area contributed by atoms with Crippen molar-refractivity contribution < 1.29 is 18.6 Å². The van der Waals surface area contributed by atoms with E-state index in [1.165, 1.54) is 27.7 Å². The minimum Gasteiger partial charge on any atom is -0.400 e. The predicted molar refractivity (Wildman–Crippen MR) is 175 cm³/mol. The van der Waals surface area contributed by atoms with Crippen LogP contribution in [0.2, 0.25) is 0 Å². The Labute approximate surface area is 257 Å². The van der Waals surface area contributed by atoms with Crippen LogP contribution in [0.15, 0.2) is 95.9 Å². The van der Waals surface area contributed by atoms with Crippen molar-refractivity contribution >= 4 is 25.4 Å². The van der Waals surface area contributed by atoms with Crippen LogP contribution in [0.4, 0.5) is 0 Å². The van der Waals surface area contributed by atoms with Crippen molar-refractivity contribution in [1.29, 1.82) is 0 Å². The fraction of sp³-hybridized carbons (Fsp3) is 0.405. The zero-order valence-corrected chi connectivity index (χ0v) is 26.7. The summed E-state index contributed by atoms with van der Waals surface area (Å²) in [5.74, 6) is 0.262. The van der Waals surface area contributed by atoms with E-state index in [0.717, 1.165) is 23.0 Å². The highest BCUT2D eigenvalue weighted by atomic mass is 16.7. The van der Waals surface area contributed by atoms with Gasteiger partial charge in [-0.05, 0) is 112 Å². The third kappa shape index (κ3) is 4.44. The minimum atomic E-state index is -0.568. The lowest BCUT2D eigenvalue weighted by atomic mass is 9.52. The quantitative estimate of drug-likeness (QED) is 0.296. The molecule has 2 heterocycles. The lowest BCUT2D eigenvalue weighted by Gasteiger charge is -2.38. The van der Waals surface area contributed by atoms with E-state index >= 15 is 0 Å². The number of rotatable bonds is 4. The van der Waals surface area contributed by atoms with Crippen LogP contribution in [0.25, 0.3) is 11.1 Å². The Kier molecular flexibility index (Phi) is 6.58. The molecule has 0 aromatic heterocycles. The van der Waals surface area contributed by atoms with E-state index in [4.69, 9.17) is 18.6 Å². The van der Waals surface area contributed by atoms with Crippen molar-refractivity contribution in [3.63, 3.8) is 0 Å². The van der Waals surface area contributed by atoms with Crippen LogP contribution in [-0.4, -0.2) is 36.6 Å². The number of fused-ring (bicyclic) bond motifs is 3. The summed E-state index contributed by atoms with van der Waals surface area (Å²) >= 11 is 0. The summed E-state index contributed by atoms with van der Waals surface area (Å²) in [6.45, 7) is 17.1. The molecule has 2 aliphatic heterocycles. The highest BCUT2D eigenvalue weighted by Crippen LogP contribution is 2.60. The van der Waals surface area contributed by atoms with Crippen molar-refractivity contribution in [1.82, 2.24) is 0 Å². The van der Waals surface area contributed by atoms with E-state index in [-0.39, 0.29) is 11.8 Å². The van der Waals surface area contributed by atoms with Gasteiger partial charge in [0.1, 0.15) is 0 Å². The van der Waals surface area contributed by atoms with E-state index in [2.05, 4.69) is 140 Å². The van der Waals surface area contributed by atoms with Gasteiger partial charge in [-0.25, -0.2) is 0 Å². The first kappa shape index (κ1) is 28.9. The topological polar surface area (TPSA) is 36.9 Å². The SMILES string of the molecule is CC1(C)OB(C2=C(c3ccccc3)[C@@H]3c4ccccc4C[C@@H]3C(B3OC(C)(C)C(C)(C)O3)=C2c2ccccc2)OC1(C)C. The van der Waals surface area contributed by atoms with Gasteiger partial charge >= 0.3 is 14.2 Å². The van der Waals surface area contributed by atoms with Gasteiger partial charge in [0.15, 0.2) is 0 Å². The average Bonchev–Trinajstić information content (AvgIpc) is 3.52. The van der Waals surface area contributed by atoms with Crippen LogP contribution in [0.1, 0.15) is 83.6 Å². The number of allylic oxidation sites excluding steroid dienone is 4. The molecule has 0 radical (unpaired) electrons. The Morgan fingerprint density at radius 2 is 1.02 bits per heavy atom. The molecule has 0 spiro atoms. The molecule has 220 valence electrons. The van der Waals surface area contributed by atoms with Gasteiger partial charge in [0.25, 0.3) is 0 Å². The summed E-state index contributed by atoms with van der Waals surface area (Å²) in [5.41, 5.74) is 7.80. The summed E-state index contributed by atoms with van der Waals surface area (Å²) < 4.78 is 27.7.